The van der Waals surface area contributed by atoms with Crippen LogP contribution in [0.15, 0.2) is 53.4 Å². The zero-order valence-electron chi connectivity index (χ0n) is 19.0. The van der Waals surface area contributed by atoms with Gasteiger partial charge in [0.1, 0.15) is 0 Å². The van der Waals surface area contributed by atoms with E-state index in [0.717, 1.165) is 17.7 Å². The number of sulfonamides is 1. The summed E-state index contributed by atoms with van der Waals surface area (Å²) in [5.41, 5.74) is 0.496. The van der Waals surface area contributed by atoms with E-state index in [2.05, 4.69) is 17.2 Å². The van der Waals surface area contributed by atoms with Crippen molar-refractivity contribution in [1.29, 1.82) is 0 Å². The lowest BCUT2D eigenvalue weighted by Gasteiger charge is -2.30. The van der Waals surface area contributed by atoms with Gasteiger partial charge in [-0.2, -0.15) is 17.5 Å². The summed E-state index contributed by atoms with van der Waals surface area (Å²) in [4.78, 5) is 12.7. The standard InChI is InChI=1S/C25H27F3N2O3S/c1-18(2)20-8-10-23(11-9-20)34(32,33)30-15-12-21(13-16-30)24(31)29-14-4-6-19-5-3-7-22(17-19)25(26,27)28/h3,5,7-11,17-18,21H,12-16H2,1-2H3,(H,29,31). The number of nitrogens with zero attached hydrogens (tertiary/aromatic N) is 1. The average Bonchev–Trinajstić information content (AvgIpc) is 2.81. The smallest absolute Gasteiger partial charge is 0.345 e. The highest BCUT2D eigenvalue weighted by molar-refractivity contribution is 7.89. The Morgan fingerprint density at radius 2 is 1.76 bits per heavy atom. The average molecular weight is 493 g/mol. The first-order chi connectivity index (χ1) is 16.0. The van der Waals surface area contributed by atoms with Crippen LogP contribution in [0.3, 0.4) is 0 Å². The third kappa shape index (κ3) is 6.39. The number of carbonyl (C=O) groups excluding carboxylic acids is 1. The van der Waals surface area contributed by atoms with Gasteiger partial charge in [-0.3, -0.25) is 4.79 Å². The third-order valence-electron chi connectivity index (χ3n) is 5.78. The number of hydrogen-bond acceptors (Lipinski definition) is 3. The van der Waals surface area contributed by atoms with Gasteiger partial charge in [0.25, 0.3) is 0 Å². The first kappa shape index (κ1) is 25.8. The molecule has 182 valence electrons. The molecule has 1 fully saturated rings. The van der Waals surface area contributed by atoms with Gasteiger partial charge in [-0.05, 0) is 54.7 Å². The molecule has 0 aromatic heterocycles. The zero-order valence-corrected chi connectivity index (χ0v) is 19.8. The predicted octanol–water partition coefficient (Wildman–Crippen LogP) is 4.40. The molecule has 5 nitrogen and oxygen atoms in total. The summed E-state index contributed by atoms with van der Waals surface area (Å²) in [7, 11) is -3.62. The van der Waals surface area contributed by atoms with Crippen LogP contribution in [0.2, 0.25) is 0 Å². The summed E-state index contributed by atoms with van der Waals surface area (Å²) in [6.45, 7) is 4.55. The Kier molecular flexibility index (Phi) is 8.05. The summed E-state index contributed by atoms with van der Waals surface area (Å²) in [5, 5.41) is 2.67. The lowest BCUT2D eigenvalue weighted by molar-refractivity contribution is -0.137. The van der Waals surface area contributed by atoms with Gasteiger partial charge in [-0.15, -0.1) is 0 Å². The quantitative estimate of drug-likeness (QED) is 0.630. The van der Waals surface area contributed by atoms with E-state index >= 15 is 0 Å². The van der Waals surface area contributed by atoms with E-state index in [1.54, 1.807) is 12.1 Å². The molecular formula is C25H27F3N2O3S. The maximum atomic E-state index is 12.9. The van der Waals surface area contributed by atoms with Crippen LogP contribution in [-0.4, -0.2) is 38.3 Å². The molecule has 0 bridgehead atoms. The van der Waals surface area contributed by atoms with Crippen LogP contribution in [0.5, 0.6) is 0 Å². The number of halogens is 3. The summed E-state index contributed by atoms with van der Waals surface area (Å²) in [6, 6.07) is 11.6. The van der Waals surface area contributed by atoms with E-state index in [9.17, 15) is 26.4 Å². The molecule has 1 aliphatic rings. The van der Waals surface area contributed by atoms with Gasteiger partial charge in [0.05, 0.1) is 17.0 Å². The van der Waals surface area contributed by atoms with Crippen LogP contribution < -0.4 is 5.32 Å². The number of amides is 1. The van der Waals surface area contributed by atoms with Gasteiger partial charge in [0, 0.05) is 24.6 Å². The van der Waals surface area contributed by atoms with Crippen molar-refractivity contribution in [1.82, 2.24) is 9.62 Å². The number of rotatable bonds is 5. The van der Waals surface area contributed by atoms with Gasteiger partial charge in [0.2, 0.25) is 15.9 Å². The van der Waals surface area contributed by atoms with Gasteiger partial charge < -0.3 is 5.32 Å². The maximum absolute atomic E-state index is 12.9. The molecule has 2 aromatic carbocycles. The Balaban J connectivity index is 1.51. The molecule has 0 radical (unpaired) electrons. The topological polar surface area (TPSA) is 66.5 Å². The first-order valence-corrected chi connectivity index (χ1v) is 12.5. The van der Waals surface area contributed by atoms with Gasteiger partial charge in [0.15, 0.2) is 0 Å². The number of piperidine rings is 1. The molecule has 34 heavy (non-hydrogen) atoms. The molecular weight excluding hydrogens is 465 g/mol. The Morgan fingerprint density at radius 3 is 2.35 bits per heavy atom. The van der Waals surface area contributed by atoms with Gasteiger partial charge in [-0.25, -0.2) is 8.42 Å². The fourth-order valence-electron chi connectivity index (χ4n) is 3.73. The zero-order chi connectivity index (χ0) is 24.9. The Labute approximate surface area is 198 Å². The second kappa shape index (κ2) is 10.6. The van der Waals surface area contributed by atoms with Crippen molar-refractivity contribution < 1.29 is 26.4 Å². The van der Waals surface area contributed by atoms with Crippen LogP contribution in [0.1, 0.15) is 49.3 Å². The van der Waals surface area contributed by atoms with Crippen molar-refractivity contribution in [2.75, 3.05) is 19.6 Å². The van der Waals surface area contributed by atoms with Crippen molar-refractivity contribution in [2.24, 2.45) is 5.92 Å². The van der Waals surface area contributed by atoms with Crippen LogP contribution in [0.4, 0.5) is 13.2 Å². The summed E-state index contributed by atoms with van der Waals surface area (Å²) in [6.07, 6.45) is -3.67. The molecule has 1 N–H and O–H groups in total. The summed E-state index contributed by atoms with van der Waals surface area (Å²) >= 11 is 0. The highest BCUT2D eigenvalue weighted by atomic mass is 32.2. The summed E-state index contributed by atoms with van der Waals surface area (Å²) < 4.78 is 65.5. The normalized spacial score (nSPS) is 15.6. The van der Waals surface area contributed by atoms with E-state index in [0.29, 0.717) is 18.8 Å². The van der Waals surface area contributed by atoms with Crippen molar-refractivity contribution in [3.8, 4) is 11.8 Å². The van der Waals surface area contributed by atoms with E-state index in [-0.39, 0.29) is 41.9 Å². The van der Waals surface area contributed by atoms with Crippen molar-refractivity contribution >= 4 is 15.9 Å². The Hall–Kier alpha value is -2.83. The minimum atomic E-state index is -4.44. The lowest BCUT2D eigenvalue weighted by Crippen LogP contribution is -2.43. The van der Waals surface area contributed by atoms with E-state index in [1.807, 2.05) is 26.0 Å². The fourth-order valence-corrected chi connectivity index (χ4v) is 5.20. The van der Waals surface area contributed by atoms with E-state index in [1.165, 1.54) is 16.4 Å². The van der Waals surface area contributed by atoms with E-state index < -0.39 is 21.8 Å². The lowest BCUT2D eigenvalue weighted by atomic mass is 9.97. The predicted molar refractivity (Wildman–Crippen MR) is 123 cm³/mol. The van der Waals surface area contributed by atoms with Gasteiger partial charge >= 0.3 is 6.18 Å². The number of hydrogen-bond donors (Lipinski definition) is 1. The third-order valence-corrected chi connectivity index (χ3v) is 7.70. The molecule has 3 rings (SSSR count). The number of benzene rings is 2. The highest BCUT2D eigenvalue weighted by Crippen LogP contribution is 2.29. The SMILES string of the molecule is CC(C)c1ccc(S(=O)(=O)N2CCC(C(=O)NCC#Cc3cccc(C(F)(F)F)c3)CC2)cc1. The van der Waals surface area contributed by atoms with Crippen molar-refractivity contribution in [3.63, 3.8) is 0 Å². The minimum absolute atomic E-state index is 0.00417. The minimum Gasteiger partial charge on any atom is -0.345 e. The molecule has 9 heteroatoms. The van der Waals surface area contributed by atoms with Crippen LogP contribution in [0.25, 0.3) is 0 Å². The second-order valence-corrected chi connectivity index (χ2v) is 10.4. The molecule has 0 aliphatic carbocycles. The fraction of sp³-hybridized carbons (Fsp3) is 0.400. The molecule has 0 spiro atoms. The van der Waals surface area contributed by atoms with Gasteiger partial charge in [-0.1, -0.05) is 43.9 Å². The number of alkyl halides is 3. The molecule has 0 saturated carbocycles. The maximum Gasteiger partial charge on any atom is 0.416 e. The Bertz CT molecular complexity index is 1170. The largest absolute Gasteiger partial charge is 0.416 e. The Morgan fingerprint density at radius 1 is 1.12 bits per heavy atom. The molecule has 1 heterocycles. The van der Waals surface area contributed by atoms with Crippen LogP contribution in [0, 0.1) is 17.8 Å². The second-order valence-electron chi connectivity index (χ2n) is 8.50. The highest BCUT2D eigenvalue weighted by Gasteiger charge is 2.32. The molecule has 1 saturated heterocycles. The number of nitrogens with one attached hydrogen (secondary N) is 1. The molecule has 0 atom stereocenters. The van der Waals surface area contributed by atoms with E-state index in [4.69, 9.17) is 0 Å². The summed E-state index contributed by atoms with van der Waals surface area (Å²) in [5.74, 6) is 5.01. The van der Waals surface area contributed by atoms with Crippen LogP contribution >= 0.6 is 0 Å². The molecule has 1 amide bonds. The van der Waals surface area contributed by atoms with Crippen LogP contribution in [-0.2, 0) is 21.0 Å². The van der Waals surface area contributed by atoms with Crippen molar-refractivity contribution in [2.45, 2.75) is 43.7 Å². The molecule has 2 aromatic rings. The monoisotopic (exact) mass is 492 g/mol. The number of carbonyl (C=O) groups is 1. The molecule has 1 aliphatic heterocycles. The molecule has 0 unspecified atom stereocenters. The first-order valence-electron chi connectivity index (χ1n) is 11.0. The van der Waals surface area contributed by atoms with Crippen molar-refractivity contribution in [3.05, 3.63) is 65.2 Å².